The van der Waals surface area contributed by atoms with Crippen LogP contribution in [0.1, 0.15) is 56.9 Å². The first kappa shape index (κ1) is 17.8. The van der Waals surface area contributed by atoms with Crippen LogP contribution in [0.25, 0.3) is 0 Å². The highest BCUT2D eigenvalue weighted by atomic mass is 16.6. The molecular formula is C18H28N4O3. The lowest BCUT2D eigenvalue weighted by molar-refractivity contribution is 0.0269. The fraction of sp³-hybridized carbons (Fsp3) is 0.722. The molecule has 1 N–H and O–H groups in total. The van der Waals surface area contributed by atoms with E-state index in [9.17, 15) is 9.59 Å². The molecule has 1 aromatic rings. The summed E-state index contributed by atoms with van der Waals surface area (Å²) in [5.41, 5.74) is 0.0525. The van der Waals surface area contributed by atoms with Crippen LogP contribution in [0.15, 0.2) is 12.3 Å². The Morgan fingerprint density at radius 2 is 2.04 bits per heavy atom. The first-order valence-electron chi connectivity index (χ1n) is 9.13. The summed E-state index contributed by atoms with van der Waals surface area (Å²) in [5, 5.41) is 6.66. The van der Waals surface area contributed by atoms with Crippen LogP contribution in [0, 0.1) is 5.92 Å². The maximum absolute atomic E-state index is 12.8. The zero-order valence-electron chi connectivity index (χ0n) is 15.3. The number of nitrogens with one attached hydrogen (secondary N) is 1. The van der Waals surface area contributed by atoms with Crippen molar-refractivity contribution in [1.29, 1.82) is 0 Å². The lowest BCUT2D eigenvalue weighted by Gasteiger charge is -2.39. The predicted molar refractivity (Wildman–Crippen MR) is 93.2 cm³/mol. The van der Waals surface area contributed by atoms with Crippen molar-refractivity contribution in [1.82, 2.24) is 20.0 Å². The maximum atomic E-state index is 12.8. The molecular weight excluding hydrogens is 320 g/mol. The Bertz CT molecular complexity index is 608. The molecule has 0 bridgehead atoms. The van der Waals surface area contributed by atoms with E-state index in [0.29, 0.717) is 24.7 Å². The zero-order chi connectivity index (χ0) is 18.0. The van der Waals surface area contributed by atoms with Crippen LogP contribution in [-0.4, -0.2) is 63.3 Å². The highest BCUT2D eigenvalue weighted by Gasteiger charge is 2.39. The van der Waals surface area contributed by atoms with Gasteiger partial charge < -0.3 is 14.5 Å². The summed E-state index contributed by atoms with van der Waals surface area (Å²) in [7, 11) is 0. The van der Waals surface area contributed by atoms with Crippen molar-refractivity contribution in [2.75, 3.05) is 19.6 Å². The average Bonchev–Trinajstić information content (AvgIpc) is 3.24. The Hall–Kier alpha value is -2.05. The van der Waals surface area contributed by atoms with Crippen molar-refractivity contribution >= 4 is 12.0 Å². The van der Waals surface area contributed by atoms with Gasteiger partial charge in [0.15, 0.2) is 0 Å². The first-order valence-corrected chi connectivity index (χ1v) is 9.13. The normalized spacial score (nSPS) is 24.4. The van der Waals surface area contributed by atoms with Crippen LogP contribution in [0.3, 0.4) is 0 Å². The molecule has 2 atom stereocenters. The van der Waals surface area contributed by atoms with E-state index < -0.39 is 5.60 Å². The number of carbonyl (C=O) groups excluding carboxylic acids is 2. The summed E-state index contributed by atoms with van der Waals surface area (Å²) >= 11 is 0. The highest BCUT2D eigenvalue weighted by molar-refractivity contribution is 5.92. The molecule has 138 valence electrons. The van der Waals surface area contributed by atoms with Crippen LogP contribution >= 0.6 is 0 Å². The van der Waals surface area contributed by atoms with Gasteiger partial charge in [-0.25, -0.2) is 4.79 Å². The molecule has 3 rings (SSSR count). The molecule has 0 saturated carbocycles. The molecule has 7 heteroatoms. The number of hydrogen-bond donors (Lipinski definition) is 1. The molecule has 1 aromatic heterocycles. The van der Waals surface area contributed by atoms with Crippen molar-refractivity contribution in [3.05, 3.63) is 18.0 Å². The fourth-order valence-electron chi connectivity index (χ4n) is 3.82. The van der Waals surface area contributed by atoms with Crippen LogP contribution < -0.4 is 0 Å². The van der Waals surface area contributed by atoms with Gasteiger partial charge in [0.25, 0.3) is 5.91 Å². The largest absolute Gasteiger partial charge is 0.444 e. The second-order valence-corrected chi connectivity index (χ2v) is 8.01. The topological polar surface area (TPSA) is 78.5 Å². The molecule has 2 saturated heterocycles. The van der Waals surface area contributed by atoms with E-state index in [-0.39, 0.29) is 18.0 Å². The number of hydrogen-bond acceptors (Lipinski definition) is 4. The van der Waals surface area contributed by atoms with E-state index in [4.69, 9.17) is 4.74 Å². The third-order valence-corrected chi connectivity index (χ3v) is 4.96. The molecule has 3 heterocycles. The van der Waals surface area contributed by atoms with E-state index in [1.807, 2.05) is 25.7 Å². The first-order chi connectivity index (χ1) is 11.8. The van der Waals surface area contributed by atoms with Crippen LogP contribution in [0.5, 0.6) is 0 Å². The second-order valence-electron chi connectivity index (χ2n) is 8.01. The lowest BCUT2D eigenvalue weighted by atomic mass is 9.89. The summed E-state index contributed by atoms with van der Waals surface area (Å²) in [4.78, 5) is 28.8. The Balaban J connectivity index is 1.65. The Morgan fingerprint density at radius 3 is 2.72 bits per heavy atom. The number of H-pyrrole nitrogens is 1. The second kappa shape index (κ2) is 7.06. The Labute approximate surface area is 148 Å². The van der Waals surface area contributed by atoms with Gasteiger partial charge in [-0.1, -0.05) is 0 Å². The Kier molecular flexibility index (Phi) is 5.01. The van der Waals surface area contributed by atoms with Crippen LogP contribution in [0.2, 0.25) is 0 Å². The predicted octanol–water partition coefficient (Wildman–Crippen LogP) is 2.66. The van der Waals surface area contributed by atoms with E-state index in [2.05, 4.69) is 10.2 Å². The van der Waals surface area contributed by atoms with Crippen LogP contribution in [-0.2, 0) is 4.74 Å². The van der Waals surface area contributed by atoms with Gasteiger partial charge in [0.2, 0.25) is 0 Å². The number of nitrogens with zero attached hydrogens (tertiary/aromatic N) is 3. The van der Waals surface area contributed by atoms with Gasteiger partial charge in [0.1, 0.15) is 11.3 Å². The van der Waals surface area contributed by atoms with Gasteiger partial charge in [-0.15, -0.1) is 0 Å². The summed E-state index contributed by atoms with van der Waals surface area (Å²) in [6.45, 7) is 7.76. The summed E-state index contributed by atoms with van der Waals surface area (Å²) in [6.07, 6.45) is 5.41. The van der Waals surface area contributed by atoms with Crippen molar-refractivity contribution in [3.63, 3.8) is 0 Å². The highest BCUT2D eigenvalue weighted by Crippen LogP contribution is 2.31. The SMILES string of the molecule is CC(C)(C)OC(=O)N1CC[C@@H]([C@@H]2CCCCN2C(=O)c2ccn[nH]2)C1. The number of aromatic nitrogens is 2. The monoisotopic (exact) mass is 348 g/mol. The molecule has 0 radical (unpaired) electrons. The van der Waals surface area contributed by atoms with Crippen molar-refractivity contribution in [2.24, 2.45) is 5.92 Å². The minimum atomic E-state index is -0.484. The summed E-state index contributed by atoms with van der Waals surface area (Å²) < 4.78 is 5.48. The molecule has 0 aliphatic carbocycles. The molecule has 0 spiro atoms. The number of ether oxygens (including phenoxy) is 1. The van der Waals surface area contributed by atoms with E-state index >= 15 is 0 Å². The number of amides is 2. The van der Waals surface area contributed by atoms with Gasteiger partial charge in [-0.2, -0.15) is 5.10 Å². The molecule has 2 aliphatic rings. The van der Waals surface area contributed by atoms with Gasteiger partial charge in [0.05, 0.1) is 0 Å². The van der Waals surface area contributed by atoms with Crippen molar-refractivity contribution in [2.45, 2.75) is 58.1 Å². The molecule has 2 fully saturated rings. The molecule has 7 nitrogen and oxygen atoms in total. The molecule has 2 aliphatic heterocycles. The van der Waals surface area contributed by atoms with Crippen molar-refractivity contribution < 1.29 is 14.3 Å². The summed E-state index contributed by atoms with van der Waals surface area (Å²) in [5.74, 6) is 0.317. The third-order valence-electron chi connectivity index (χ3n) is 4.96. The van der Waals surface area contributed by atoms with E-state index in [1.165, 1.54) is 0 Å². The number of piperidine rings is 1. The number of aromatic amines is 1. The minimum Gasteiger partial charge on any atom is -0.444 e. The maximum Gasteiger partial charge on any atom is 0.410 e. The van der Waals surface area contributed by atoms with Gasteiger partial charge in [0, 0.05) is 31.9 Å². The molecule has 0 aromatic carbocycles. The average molecular weight is 348 g/mol. The Morgan fingerprint density at radius 1 is 1.24 bits per heavy atom. The number of rotatable bonds is 2. The number of carbonyl (C=O) groups is 2. The summed E-state index contributed by atoms with van der Waals surface area (Å²) in [6, 6.07) is 1.90. The van der Waals surface area contributed by atoms with Gasteiger partial charge in [-0.3, -0.25) is 9.89 Å². The van der Waals surface area contributed by atoms with Gasteiger partial charge >= 0.3 is 6.09 Å². The zero-order valence-corrected chi connectivity index (χ0v) is 15.3. The minimum absolute atomic E-state index is 0.0120. The van der Waals surface area contributed by atoms with Gasteiger partial charge in [-0.05, 0) is 58.4 Å². The van der Waals surface area contributed by atoms with E-state index in [0.717, 1.165) is 32.2 Å². The van der Waals surface area contributed by atoms with E-state index in [1.54, 1.807) is 17.2 Å². The fourth-order valence-corrected chi connectivity index (χ4v) is 3.82. The third kappa shape index (κ3) is 4.14. The quantitative estimate of drug-likeness (QED) is 0.891. The van der Waals surface area contributed by atoms with Crippen molar-refractivity contribution in [3.8, 4) is 0 Å². The molecule has 2 amide bonds. The van der Waals surface area contributed by atoms with Crippen LogP contribution in [0.4, 0.5) is 4.79 Å². The molecule has 25 heavy (non-hydrogen) atoms. The smallest absolute Gasteiger partial charge is 0.410 e. The number of likely N-dealkylation sites (tertiary alicyclic amines) is 2. The lowest BCUT2D eigenvalue weighted by Crippen LogP contribution is -2.48. The standard InChI is InChI=1S/C18H28N4O3/c1-18(2,3)25-17(24)21-11-8-13(12-21)15-6-4-5-10-22(15)16(23)14-7-9-19-20-14/h7,9,13,15H,4-6,8,10-12H2,1-3H3,(H,19,20)/t13-,15+/m1/s1. The molecule has 0 unspecified atom stereocenters.